The van der Waals surface area contributed by atoms with Crippen LogP contribution in [0.1, 0.15) is 10.5 Å². The number of carbonyl (C=O) groups excluding carboxylic acids is 1. The van der Waals surface area contributed by atoms with Gasteiger partial charge in [-0.05, 0) is 24.3 Å². The first-order valence-corrected chi connectivity index (χ1v) is 7.13. The largest absolute Gasteiger partial charge is 0.497 e. The molecular weight excluding hydrogens is 292 g/mol. The number of benzene rings is 2. The van der Waals surface area contributed by atoms with Crippen LogP contribution in [0.15, 0.2) is 65.2 Å². The van der Waals surface area contributed by atoms with Crippen molar-refractivity contribution in [1.29, 1.82) is 0 Å². The van der Waals surface area contributed by atoms with E-state index in [-0.39, 0.29) is 11.6 Å². The first-order valence-electron chi connectivity index (χ1n) is 7.13. The van der Waals surface area contributed by atoms with Crippen LogP contribution in [0, 0.1) is 0 Å². The Labute approximate surface area is 134 Å². The number of nitrogens with zero attached hydrogens (tertiary/aromatic N) is 2. The summed E-state index contributed by atoms with van der Waals surface area (Å²) in [5.41, 5.74) is 1.86. The molecule has 0 aliphatic carbocycles. The van der Waals surface area contributed by atoms with Gasteiger partial charge in [0.05, 0.1) is 7.11 Å². The van der Waals surface area contributed by atoms with Crippen LogP contribution in [0.5, 0.6) is 5.75 Å². The van der Waals surface area contributed by atoms with Crippen LogP contribution in [-0.2, 0) is 0 Å². The number of para-hydroxylation sites is 1. The van der Waals surface area contributed by atoms with Crippen molar-refractivity contribution in [3.63, 3.8) is 0 Å². The average molecular weight is 308 g/mol. The van der Waals surface area contributed by atoms with E-state index < -0.39 is 0 Å². The number of anilines is 1. The number of methoxy groups -OCH3 is 1. The smallest absolute Gasteiger partial charge is 0.280 e. The third kappa shape index (κ3) is 3.08. The van der Waals surface area contributed by atoms with E-state index in [0.29, 0.717) is 11.5 Å². The molecule has 3 rings (SSSR count). The quantitative estimate of drug-likeness (QED) is 0.738. The van der Waals surface area contributed by atoms with E-state index >= 15 is 0 Å². The monoisotopic (exact) mass is 308 g/mol. The summed E-state index contributed by atoms with van der Waals surface area (Å²) in [4.78, 5) is 14.0. The van der Waals surface area contributed by atoms with Crippen LogP contribution in [0.25, 0.3) is 11.3 Å². The highest BCUT2D eigenvalue weighted by Gasteiger charge is 2.18. The minimum absolute atomic E-state index is 0.228. The molecule has 3 aromatic rings. The molecule has 116 valence electrons. The number of hydrogen-bond acceptors (Lipinski definition) is 4. The van der Waals surface area contributed by atoms with Gasteiger partial charge in [0.2, 0.25) is 0 Å². The fourth-order valence-electron chi connectivity index (χ4n) is 2.23. The Morgan fingerprint density at radius 1 is 1.09 bits per heavy atom. The predicted octanol–water partition coefficient (Wildman–Crippen LogP) is 3.63. The van der Waals surface area contributed by atoms with Crippen molar-refractivity contribution >= 4 is 11.6 Å². The van der Waals surface area contributed by atoms with Gasteiger partial charge in [-0.25, -0.2) is 0 Å². The van der Waals surface area contributed by atoms with Gasteiger partial charge >= 0.3 is 0 Å². The lowest BCUT2D eigenvalue weighted by Gasteiger charge is -2.15. The van der Waals surface area contributed by atoms with Crippen LogP contribution >= 0.6 is 0 Å². The zero-order chi connectivity index (χ0) is 16.2. The summed E-state index contributed by atoms with van der Waals surface area (Å²) in [7, 11) is 3.31. The number of amides is 1. The van der Waals surface area contributed by atoms with Crippen LogP contribution in [-0.4, -0.2) is 25.2 Å². The van der Waals surface area contributed by atoms with Gasteiger partial charge < -0.3 is 14.2 Å². The molecule has 5 nitrogen and oxygen atoms in total. The first-order chi connectivity index (χ1) is 11.2. The van der Waals surface area contributed by atoms with Gasteiger partial charge in [0.1, 0.15) is 5.75 Å². The molecule has 0 saturated heterocycles. The third-order valence-corrected chi connectivity index (χ3v) is 3.53. The minimum atomic E-state index is -0.228. The molecule has 0 saturated carbocycles. The summed E-state index contributed by atoms with van der Waals surface area (Å²) in [5.74, 6) is 1.01. The van der Waals surface area contributed by atoms with Gasteiger partial charge in [0.15, 0.2) is 11.5 Å². The Morgan fingerprint density at radius 3 is 2.61 bits per heavy atom. The zero-order valence-electron chi connectivity index (χ0n) is 12.9. The lowest BCUT2D eigenvalue weighted by Crippen LogP contribution is -2.26. The Balaban J connectivity index is 1.85. The summed E-state index contributed by atoms with van der Waals surface area (Å²) in [6.07, 6.45) is 0. The van der Waals surface area contributed by atoms with Gasteiger partial charge in [-0.3, -0.25) is 4.79 Å². The highest BCUT2D eigenvalue weighted by molar-refractivity contribution is 6.04. The maximum Gasteiger partial charge on any atom is 0.280 e. The summed E-state index contributed by atoms with van der Waals surface area (Å²) in [6.45, 7) is 0. The van der Waals surface area contributed by atoms with Crippen LogP contribution in [0.4, 0.5) is 5.69 Å². The lowest BCUT2D eigenvalue weighted by atomic mass is 10.1. The summed E-state index contributed by atoms with van der Waals surface area (Å²) < 4.78 is 10.5. The molecule has 0 radical (unpaired) electrons. The molecule has 1 heterocycles. The molecule has 5 heteroatoms. The number of aromatic nitrogens is 1. The van der Waals surface area contributed by atoms with Crippen LogP contribution < -0.4 is 9.64 Å². The molecule has 2 aromatic carbocycles. The van der Waals surface area contributed by atoms with Crippen molar-refractivity contribution in [2.24, 2.45) is 0 Å². The number of carbonyl (C=O) groups is 1. The Hall–Kier alpha value is -3.08. The third-order valence-electron chi connectivity index (χ3n) is 3.53. The molecule has 0 fully saturated rings. The van der Waals surface area contributed by atoms with Gasteiger partial charge in [0, 0.05) is 24.4 Å². The topological polar surface area (TPSA) is 55.6 Å². The Bertz CT molecular complexity index is 812. The number of ether oxygens (including phenoxy) is 1. The van der Waals surface area contributed by atoms with E-state index in [2.05, 4.69) is 5.16 Å². The second-order valence-corrected chi connectivity index (χ2v) is 5.01. The summed E-state index contributed by atoms with van der Waals surface area (Å²) in [5, 5.41) is 3.89. The van der Waals surface area contributed by atoms with E-state index in [4.69, 9.17) is 9.26 Å². The van der Waals surface area contributed by atoms with Crippen LogP contribution in [0.2, 0.25) is 0 Å². The average Bonchev–Trinajstić information content (AvgIpc) is 3.11. The highest BCUT2D eigenvalue weighted by Crippen LogP contribution is 2.25. The van der Waals surface area contributed by atoms with Crippen molar-refractivity contribution in [3.05, 3.63) is 66.4 Å². The van der Waals surface area contributed by atoms with E-state index in [1.54, 1.807) is 20.2 Å². The molecule has 0 spiro atoms. The predicted molar refractivity (Wildman–Crippen MR) is 87.7 cm³/mol. The van der Waals surface area contributed by atoms with Gasteiger partial charge in [-0.15, -0.1) is 0 Å². The Kier molecular flexibility index (Phi) is 4.10. The molecule has 0 atom stereocenters. The normalized spacial score (nSPS) is 10.3. The van der Waals surface area contributed by atoms with Crippen molar-refractivity contribution in [2.45, 2.75) is 0 Å². The molecule has 0 bridgehead atoms. The minimum Gasteiger partial charge on any atom is -0.497 e. The van der Waals surface area contributed by atoms with E-state index in [1.165, 1.54) is 4.90 Å². The molecular formula is C18H16N2O3. The second kappa shape index (κ2) is 6.36. The van der Waals surface area contributed by atoms with E-state index in [9.17, 15) is 4.79 Å². The lowest BCUT2D eigenvalue weighted by molar-refractivity contribution is 0.0984. The number of rotatable bonds is 4. The molecule has 0 N–H and O–H groups in total. The molecule has 1 aromatic heterocycles. The van der Waals surface area contributed by atoms with Crippen molar-refractivity contribution < 1.29 is 14.1 Å². The first kappa shape index (κ1) is 14.8. The zero-order valence-corrected chi connectivity index (χ0v) is 12.9. The SMILES string of the molecule is COc1cccc(-c2cc(C(=O)N(C)c3ccccc3)no2)c1. The summed E-state index contributed by atoms with van der Waals surface area (Å²) >= 11 is 0. The molecule has 0 aliphatic heterocycles. The van der Waals surface area contributed by atoms with Crippen molar-refractivity contribution in [3.8, 4) is 17.1 Å². The van der Waals surface area contributed by atoms with Gasteiger partial charge in [0.25, 0.3) is 5.91 Å². The highest BCUT2D eigenvalue weighted by atomic mass is 16.5. The molecule has 0 aliphatic rings. The van der Waals surface area contributed by atoms with Gasteiger partial charge in [-0.1, -0.05) is 35.5 Å². The summed E-state index contributed by atoms with van der Waals surface area (Å²) in [6, 6.07) is 18.4. The van der Waals surface area contributed by atoms with Gasteiger partial charge in [-0.2, -0.15) is 0 Å². The second-order valence-electron chi connectivity index (χ2n) is 5.01. The van der Waals surface area contributed by atoms with E-state index in [0.717, 1.165) is 11.3 Å². The fraction of sp³-hybridized carbons (Fsp3) is 0.111. The van der Waals surface area contributed by atoms with E-state index in [1.807, 2.05) is 54.6 Å². The maximum absolute atomic E-state index is 12.5. The fourth-order valence-corrected chi connectivity index (χ4v) is 2.23. The standard InChI is InChI=1S/C18H16N2O3/c1-20(14-8-4-3-5-9-14)18(21)16-12-17(23-19-16)13-7-6-10-15(11-13)22-2/h3-12H,1-2H3. The molecule has 1 amide bonds. The van der Waals surface area contributed by atoms with Crippen LogP contribution in [0.3, 0.4) is 0 Å². The Morgan fingerprint density at radius 2 is 1.87 bits per heavy atom. The number of hydrogen-bond donors (Lipinski definition) is 0. The molecule has 0 unspecified atom stereocenters. The maximum atomic E-state index is 12.5. The molecule has 23 heavy (non-hydrogen) atoms. The van der Waals surface area contributed by atoms with Crippen molar-refractivity contribution in [1.82, 2.24) is 5.16 Å². The van der Waals surface area contributed by atoms with Crippen molar-refractivity contribution in [2.75, 3.05) is 19.1 Å².